The fraction of sp³-hybridized carbons (Fsp3) is 0.500. The predicted molar refractivity (Wildman–Crippen MR) is 63.5 cm³/mol. The molecule has 12 heavy (non-hydrogen) atoms. The molecule has 0 aromatic carbocycles. The molecule has 1 aromatic heterocycles. The largest absolute Gasteiger partial charge is 0.368 e. The van der Waals surface area contributed by atoms with E-state index in [1.165, 1.54) is 25.9 Å². The van der Waals surface area contributed by atoms with E-state index in [2.05, 4.69) is 10.3 Å². The second-order valence-corrected chi connectivity index (χ2v) is 2.34. The second kappa shape index (κ2) is 11.2. The fourth-order valence-electron chi connectivity index (χ4n) is 0.903. The highest BCUT2D eigenvalue weighted by Crippen LogP contribution is 1.90. The third kappa shape index (κ3) is 8.30. The molecule has 0 radical (unpaired) electrons. The molecule has 0 spiro atoms. The number of aromatic nitrogens is 1. The van der Waals surface area contributed by atoms with E-state index in [0.717, 1.165) is 0 Å². The van der Waals surface area contributed by atoms with Gasteiger partial charge in [-0.2, -0.15) is 0 Å². The summed E-state index contributed by atoms with van der Waals surface area (Å²) in [6, 6.07) is 3.89. The Morgan fingerprint density at radius 3 is 1.50 bits per heavy atom. The average Bonchev–Trinajstić information content (AvgIpc) is 2.67. The number of aromatic amines is 1. The van der Waals surface area contributed by atoms with E-state index in [-0.39, 0.29) is 34.0 Å². The quantitative estimate of drug-likeness (QED) is 0.757. The van der Waals surface area contributed by atoms with Crippen LogP contribution in [-0.2, 0) is 0 Å². The fourth-order valence-corrected chi connectivity index (χ4v) is 0.903. The summed E-state index contributed by atoms with van der Waals surface area (Å²) in [7, 11) is 0. The van der Waals surface area contributed by atoms with Crippen molar-refractivity contribution in [2.45, 2.75) is 12.8 Å². The first-order chi connectivity index (χ1) is 5.00. The Morgan fingerprint density at radius 2 is 1.33 bits per heavy atom. The van der Waals surface area contributed by atoms with E-state index in [9.17, 15) is 0 Å². The van der Waals surface area contributed by atoms with Gasteiger partial charge in [-0.15, -0.1) is 34.0 Å². The Morgan fingerprint density at radius 1 is 0.833 bits per heavy atom. The van der Waals surface area contributed by atoms with Crippen LogP contribution in [0.5, 0.6) is 0 Å². The molecule has 1 aliphatic heterocycles. The lowest BCUT2D eigenvalue weighted by atomic mass is 10.4. The van der Waals surface area contributed by atoms with Crippen molar-refractivity contribution in [3.05, 3.63) is 24.5 Å². The zero-order valence-electron chi connectivity index (χ0n) is 6.95. The van der Waals surface area contributed by atoms with Gasteiger partial charge in [0.2, 0.25) is 0 Å². The molecule has 2 heterocycles. The van der Waals surface area contributed by atoms with Gasteiger partial charge in [0.25, 0.3) is 0 Å². The standard InChI is InChI=1S/C4H9N.C4H5N.2BrH/c2*1-2-4-5-3-1;;/h5H,1-4H2;1-5H;2*1H. The van der Waals surface area contributed by atoms with Crippen LogP contribution < -0.4 is 5.32 Å². The molecule has 2 rings (SSSR count). The molecule has 4 heteroatoms. The molecule has 2 nitrogen and oxygen atoms in total. The van der Waals surface area contributed by atoms with Crippen molar-refractivity contribution < 1.29 is 0 Å². The summed E-state index contributed by atoms with van der Waals surface area (Å²) in [4.78, 5) is 2.86. The molecule has 0 aliphatic carbocycles. The SMILES string of the molecule is Br.Br.C1CCNC1.c1cc[nH]c1. The monoisotopic (exact) mass is 298 g/mol. The first kappa shape index (κ1) is 14.7. The van der Waals surface area contributed by atoms with Crippen molar-refractivity contribution in [2.24, 2.45) is 0 Å². The van der Waals surface area contributed by atoms with Gasteiger partial charge in [0.05, 0.1) is 0 Å². The normalized spacial score (nSPS) is 13.3. The summed E-state index contributed by atoms with van der Waals surface area (Å²) in [6.45, 7) is 2.50. The molecule has 1 fully saturated rings. The van der Waals surface area contributed by atoms with Crippen LogP contribution in [0.25, 0.3) is 0 Å². The molecule has 0 bridgehead atoms. The van der Waals surface area contributed by atoms with Crippen molar-refractivity contribution in [1.29, 1.82) is 0 Å². The minimum absolute atomic E-state index is 0. The Balaban J connectivity index is 0. The van der Waals surface area contributed by atoms with Gasteiger partial charge < -0.3 is 10.3 Å². The van der Waals surface area contributed by atoms with Crippen LogP contribution in [0.1, 0.15) is 12.8 Å². The molecule has 1 aliphatic rings. The van der Waals surface area contributed by atoms with Crippen LogP contribution in [0.3, 0.4) is 0 Å². The molecule has 72 valence electrons. The molecule has 2 N–H and O–H groups in total. The Kier molecular flexibility index (Phi) is 13.7. The van der Waals surface area contributed by atoms with Crippen molar-refractivity contribution in [3.63, 3.8) is 0 Å². The highest BCUT2D eigenvalue weighted by atomic mass is 79.9. The Bertz CT molecular complexity index is 114. The van der Waals surface area contributed by atoms with Gasteiger partial charge in [0.1, 0.15) is 0 Å². The summed E-state index contributed by atoms with van der Waals surface area (Å²) in [5.74, 6) is 0. The van der Waals surface area contributed by atoms with Crippen LogP contribution in [0, 0.1) is 0 Å². The predicted octanol–water partition coefficient (Wildman–Crippen LogP) is 2.54. The summed E-state index contributed by atoms with van der Waals surface area (Å²) in [5.41, 5.74) is 0. The van der Waals surface area contributed by atoms with Crippen LogP contribution in [0.15, 0.2) is 24.5 Å². The number of H-pyrrole nitrogens is 1. The molecule has 0 atom stereocenters. The molecular formula is C8H16Br2N2. The van der Waals surface area contributed by atoms with Crippen LogP contribution in [0.2, 0.25) is 0 Å². The minimum atomic E-state index is 0. The molecule has 0 saturated carbocycles. The highest BCUT2D eigenvalue weighted by molar-refractivity contribution is 8.93. The maximum absolute atomic E-state index is 3.22. The average molecular weight is 300 g/mol. The van der Waals surface area contributed by atoms with Gasteiger partial charge in [-0.25, -0.2) is 0 Å². The molecular weight excluding hydrogens is 284 g/mol. The van der Waals surface area contributed by atoms with Crippen LogP contribution >= 0.6 is 34.0 Å². The van der Waals surface area contributed by atoms with Gasteiger partial charge in [-0.1, -0.05) is 0 Å². The topological polar surface area (TPSA) is 27.8 Å². The maximum atomic E-state index is 3.22. The third-order valence-corrected chi connectivity index (χ3v) is 1.45. The van der Waals surface area contributed by atoms with Crippen LogP contribution in [0.4, 0.5) is 0 Å². The Labute approximate surface area is 94.7 Å². The lowest BCUT2D eigenvalue weighted by Gasteiger charge is -1.76. The lowest BCUT2D eigenvalue weighted by Crippen LogP contribution is -2.03. The van der Waals surface area contributed by atoms with Gasteiger partial charge in [0.15, 0.2) is 0 Å². The van der Waals surface area contributed by atoms with Crippen molar-refractivity contribution in [1.82, 2.24) is 10.3 Å². The molecule has 1 saturated heterocycles. The van der Waals surface area contributed by atoms with E-state index in [1.807, 2.05) is 24.5 Å². The van der Waals surface area contributed by atoms with Gasteiger partial charge in [0, 0.05) is 12.4 Å². The van der Waals surface area contributed by atoms with Crippen LogP contribution in [-0.4, -0.2) is 18.1 Å². The minimum Gasteiger partial charge on any atom is -0.368 e. The van der Waals surface area contributed by atoms with Crippen molar-refractivity contribution in [3.8, 4) is 0 Å². The number of hydrogen-bond acceptors (Lipinski definition) is 1. The van der Waals surface area contributed by atoms with Gasteiger partial charge >= 0.3 is 0 Å². The van der Waals surface area contributed by atoms with E-state index >= 15 is 0 Å². The summed E-state index contributed by atoms with van der Waals surface area (Å²) in [6.07, 6.45) is 6.53. The molecule has 1 aromatic rings. The van der Waals surface area contributed by atoms with Crippen molar-refractivity contribution >= 4 is 34.0 Å². The van der Waals surface area contributed by atoms with E-state index in [1.54, 1.807) is 0 Å². The summed E-state index contributed by atoms with van der Waals surface area (Å²) < 4.78 is 0. The number of hydrogen-bond donors (Lipinski definition) is 2. The number of halogens is 2. The smallest absolute Gasteiger partial charge is 0.000496 e. The highest BCUT2D eigenvalue weighted by Gasteiger charge is 1.93. The summed E-state index contributed by atoms with van der Waals surface area (Å²) in [5, 5.41) is 3.22. The Hall–Kier alpha value is 0.200. The van der Waals surface area contributed by atoms with Gasteiger partial charge in [-0.05, 0) is 38.1 Å². The van der Waals surface area contributed by atoms with Gasteiger partial charge in [-0.3, -0.25) is 0 Å². The van der Waals surface area contributed by atoms with E-state index in [0.29, 0.717) is 0 Å². The number of rotatable bonds is 0. The zero-order chi connectivity index (χ0) is 7.07. The molecule has 0 amide bonds. The number of nitrogens with one attached hydrogen (secondary N) is 2. The van der Waals surface area contributed by atoms with Crippen molar-refractivity contribution in [2.75, 3.05) is 13.1 Å². The second-order valence-electron chi connectivity index (χ2n) is 2.34. The molecule has 0 unspecified atom stereocenters. The maximum Gasteiger partial charge on any atom is 0.000496 e. The summed E-state index contributed by atoms with van der Waals surface area (Å²) >= 11 is 0. The van der Waals surface area contributed by atoms with E-state index < -0.39 is 0 Å². The first-order valence-electron chi connectivity index (χ1n) is 3.78. The van der Waals surface area contributed by atoms with E-state index in [4.69, 9.17) is 0 Å². The third-order valence-electron chi connectivity index (χ3n) is 1.45. The lowest BCUT2D eigenvalue weighted by molar-refractivity contribution is 0.857. The zero-order valence-corrected chi connectivity index (χ0v) is 10.4. The first-order valence-corrected chi connectivity index (χ1v) is 3.78.